The number of methoxy groups -OCH3 is 2. The van der Waals surface area contributed by atoms with Crippen molar-refractivity contribution in [1.29, 1.82) is 0 Å². The van der Waals surface area contributed by atoms with Crippen LogP contribution in [0.25, 0.3) is 0 Å². The minimum atomic E-state index is -0.416. The van der Waals surface area contributed by atoms with Gasteiger partial charge in [0.05, 0.1) is 19.1 Å². The van der Waals surface area contributed by atoms with Gasteiger partial charge < -0.3 is 14.4 Å². The van der Waals surface area contributed by atoms with Gasteiger partial charge in [-0.3, -0.25) is 9.59 Å². The van der Waals surface area contributed by atoms with Crippen LogP contribution in [-0.4, -0.2) is 44.1 Å². The average Bonchev–Trinajstić information content (AvgIpc) is 2.85. The number of ether oxygens (including phenoxy) is 2. The summed E-state index contributed by atoms with van der Waals surface area (Å²) in [5.74, 6) is 0.0636. The van der Waals surface area contributed by atoms with Crippen LogP contribution in [0.5, 0.6) is 5.75 Å². The predicted octanol–water partition coefficient (Wildman–Crippen LogP) is 1.78. The molecule has 0 N–H and O–H groups in total. The van der Waals surface area contributed by atoms with E-state index >= 15 is 0 Å². The van der Waals surface area contributed by atoms with Gasteiger partial charge in [0.15, 0.2) is 0 Å². The minimum Gasteiger partial charge on any atom is -0.496 e. The molecule has 0 aliphatic carbocycles. The molecule has 0 saturated carbocycles. The molecule has 1 amide bonds. The molecular formula is C12H17NO4S. The van der Waals surface area contributed by atoms with Crippen molar-refractivity contribution in [2.24, 2.45) is 0 Å². The Morgan fingerprint density at radius 1 is 1.39 bits per heavy atom. The van der Waals surface area contributed by atoms with Crippen LogP contribution < -0.4 is 4.74 Å². The normalized spacial score (nSPS) is 9.94. The Balaban J connectivity index is 2.78. The maximum atomic E-state index is 12.2. The summed E-state index contributed by atoms with van der Waals surface area (Å²) < 4.78 is 9.62. The lowest BCUT2D eigenvalue weighted by atomic mass is 10.3. The summed E-state index contributed by atoms with van der Waals surface area (Å²) in [6.45, 7) is 2.45. The van der Waals surface area contributed by atoms with Gasteiger partial charge in [-0.05, 0) is 6.42 Å². The van der Waals surface area contributed by atoms with E-state index in [4.69, 9.17) is 4.74 Å². The minimum absolute atomic E-state index is 0.0244. The second-order valence-corrected chi connectivity index (χ2v) is 4.56. The van der Waals surface area contributed by atoms with Crippen molar-refractivity contribution in [3.05, 3.63) is 16.3 Å². The lowest BCUT2D eigenvalue weighted by molar-refractivity contribution is -0.141. The first kappa shape index (κ1) is 14.5. The van der Waals surface area contributed by atoms with Crippen molar-refractivity contribution in [3.8, 4) is 5.75 Å². The maximum Gasteiger partial charge on any atom is 0.325 e. The molecule has 0 saturated heterocycles. The Morgan fingerprint density at radius 2 is 2.11 bits per heavy atom. The zero-order valence-electron chi connectivity index (χ0n) is 10.8. The van der Waals surface area contributed by atoms with Gasteiger partial charge in [-0.2, -0.15) is 0 Å². The molecule has 5 nitrogen and oxygen atoms in total. The molecule has 0 aliphatic rings. The van der Waals surface area contributed by atoms with Gasteiger partial charge in [-0.1, -0.05) is 6.92 Å². The highest BCUT2D eigenvalue weighted by Gasteiger charge is 2.20. The van der Waals surface area contributed by atoms with E-state index in [1.54, 1.807) is 18.6 Å². The highest BCUT2D eigenvalue weighted by molar-refractivity contribution is 7.12. The zero-order valence-corrected chi connectivity index (χ0v) is 11.6. The van der Waals surface area contributed by atoms with Crippen LogP contribution in [0.1, 0.15) is 23.0 Å². The summed E-state index contributed by atoms with van der Waals surface area (Å²) in [6.07, 6.45) is 0.783. The van der Waals surface area contributed by atoms with Gasteiger partial charge in [-0.25, -0.2) is 0 Å². The van der Waals surface area contributed by atoms with Gasteiger partial charge in [0.2, 0.25) is 0 Å². The number of carbonyl (C=O) groups is 2. The third-order valence-electron chi connectivity index (χ3n) is 2.35. The van der Waals surface area contributed by atoms with E-state index in [9.17, 15) is 9.59 Å². The SMILES string of the molecule is CCCN(CC(=O)OC)C(=O)c1cc(OC)cs1. The topological polar surface area (TPSA) is 55.8 Å². The number of hydrogen-bond acceptors (Lipinski definition) is 5. The number of carbonyl (C=O) groups excluding carboxylic acids is 2. The summed E-state index contributed by atoms with van der Waals surface area (Å²) in [5.41, 5.74) is 0. The van der Waals surface area contributed by atoms with Crippen LogP contribution in [0.4, 0.5) is 0 Å². The van der Waals surface area contributed by atoms with Crippen molar-refractivity contribution in [2.75, 3.05) is 27.3 Å². The van der Waals surface area contributed by atoms with Gasteiger partial charge in [0.25, 0.3) is 5.91 Å². The molecule has 0 radical (unpaired) electrons. The molecule has 1 rings (SSSR count). The van der Waals surface area contributed by atoms with Gasteiger partial charge in [0.1, 0.15) is 12.3 Å². The summed E-state index contributed by atoms with van der Waals surface area (Å²) in [6, 6.07) is 1.67. The molecule has 1 aromatic heterocycles. The second-order valence-electron chi connectivity index (χ2n) is 3.65. The van der Waals surface area contributed by atoms with Crippen molar-refractivity contribution < 1.29 is 19.1 Å². The fraction of sp³-hybridized carbons (Fsp3) is 0.500. The molecule has 0 atom stereocenters. The summed E-state index contributed by atoms with van der Waals surface area (Å²) in [4.78, 5) is 25.5. The Morgan fingerprint density at radius 3 is 2.61 bits per heavy atom. The molecule has 0 aliphatic heterocycles. The molecular weight excluding hydrogens is 254 g/mol. The van der Waals surface area contributed by atoms with E-state index < -0.39 is 5.97 Å². The Kier molecular flexibility index (Phi) is 5.64. The lowest BCUT2D eigenvalue weighted by Crippen LogP contribution is -2.36. The molecule has 0 spiro atoms. The fourth-order valence-corrected chi connectivity index (χ4v) is 2.26. The Bertz CT molecular complexity index is 416. The lowest BCUT2D eigenvalue weighted by Gasteiger charge is -2.19. The maximum absolute atomic E-state index is 12.2. The molecule has 6 heteroatoms. The summed E-state index contributed by atoms with van der Waals surface area (Å²) in [5, 5.41) is 1.76. The zero-order chi connectivity index (χ0) is 13.5. The number of amides is 1. The fourth-order valence-electron chi connectivity index (χ4n) is 1.44. The largest absolute Gasteiger partial charge is 0.496 e. The smallest absolute Gasteiger partial charge is 0.325 e. The number of esters is 1. The van der Waals surface area contributed by atoms with Crippen LogP contribution >= 0.6 is 11.3 Å². The van der Waals surface area contributed by atoms with Crippen LogP contribution in [0.15, 0.2) is 11.4 Å². The number of hydrogen-bond donors (Lipinski definition) is 0. The molecule has 0 aromatic carbocycles. The third-order valence-corrected chi connectivity index (χ3v) is 3.25. The highest BCUT2D eigenvalue weighted by atomic mass is 32.1. The van der Waals surface area contributed by atoms with Gasteiger partial charge in [0, 0.05) is 18.0 Å². The molecule has 0 bridgehead atoms. The van der Waals surface area contributed by atoms with Crippen molar-refractivity contribution in [1.82, 2.24) is 4.90 Å². The molecule has 0 fully saturated rings. The molecule has 18 heavy (non-hydrogen) atoms. The van der Waals surface area contributed by atoms with E-state index in [1.165, 1.54) is 23.3 Å². The summed E-state index contributed by atoms with van der Waals surface area (Å²) in [7, 11) is 2.86. The first-order chi connectivity index (χ1) is 8.62. The molecule has 0 unspecified atom stereocenters. The van der Waals surface area contributed by atoms with Crippen LogP contribution in [0.2, 0.25) is 0 Å². The van der Waals surface area contributed by atoms with Crippen LogP contribution in [-0.2, 0) is 9.53 Å². The Hall–Kier alpha value is -1.56. The van der Waals surface area contributed by atoms with E-state index in [0.29, 0.717) is 17.2 Å². The monoisotopic (exact) mass is 271 g/mol. The molecule has 1 heterocycles. The number of thiophene rings is 1. The van der Waals surface area contributed by atoms with E-state index in [2.05, 4.69) is 4.74 Å². The second kappa shape index (κ2) is 7.00. The quantitative estimate of drug-likeness (QED) is 0.740. The van der Waals surface area contributed by atoms with Crippen LogP contribution in [0.3, 0.4) is 0 Å². The van der Waals surface area contributed by atoms with E-state index in [-0.39, 0.29) is 12.5 Å². The van der Waals surface area contributed by atoms with Gasteiger partial charge in [-0.15, -0.1) is 11.3 Å². The van der Waals surface area contributed by atoms with Gasteiger partial charge >= 0.3 is 5.97 Å². The van der Waals surface area contributed by atoms with Crippen molar-refractivity contribution >= 4 is 23.2 Å². The first-order valence-corrected chi connectivity index (χ1v) is 6.49. The average molecular weight is 271 g/mol. The van der Waals surface area contributed by atoms with Crippen molar-refractivity contribution in [3.63, 3.8) is 0 Å². The number of nitrogens with zero attached hydrogens (tertiary/aromatic N) is 1. The standard InChI is InChI=1S/C12H17NO4S/c1-4-5-13(7-11(14)17-3)12(15)10-6-9(16-2)8-18-10/h6,8H,4-5,7H2,1-3H3. The first-order valence-electron chi connectivity index (χ1n) is 5.61. The molecule has 1 aromatic rings. The Labute approximate surface area is 110 Å². The van der Waals surface area contributed by atoms with E-state index in [1.807, 2.05) is 6.92 Å². The highest BCUT2D eigenvalue weighted by Crippen LogP contribution is 2.22. The van der Waals surface area contributed by atoms with Crippen molar-refractivity contribution in [2.45, 2.75) is 13.3 Å². The third kappa shape index (κ3) is 3.73. The summed E-state index contributed by atoms with van der Waals surface area (Å²) >= 11 is 1.30. The van der Waals surface area contributed by atoms with E-state index in [0.717, 1.165) is 6.42 Å². The van der Waals surface area contributed by atoms with Crippen LogP contribution in [0, 0.1) is 0 Å². The molecule has 100 valence electrons. The number of rotatable bonds is 6. The predicted molar refractivity (Wildman–Crippen MR) is 69.1 cm³/mol.